The Morgan fingerprint density at radius 3 is 2.20 bits per heavy atom. The molecule has 5 heteroatoms. The minimum Gasteiger partial charge on any atom is -0.496 e. The molecule has 3 rings (SSSR count). The standard InChI is InChI=1S/C25H28N2O3/c1-27(2)23(22-11-7-8-12-24(22)29-3)17-26-25(28)18-30-21-15-13-20(14-16-21)19-9-5-4-6-10-19/h4-16,23H,17-18H2,1-3H3,(H,26,28)/t23-/m0/s1. The van der Waals surface area contributed by atoms with Crippen molar-refractivity contribution in [2.75, 3.05) is 34.4 Å². The van der Waals surface area contributed by atoms with E-state index in [1.54, 1.807) is 7.11 Å². The Kier molecular flexibility index (Phi) is 7.46. The topological polar surface area (TPSA) is 50.8 Å². The van der Waals surface area contributed by atoms with Gasteiger partial charge in [0.05, 0.1) is 13.2 Å². The third-order valence-electron chi connectivity index (χ3n) is 4.95. The summed E-state index contributed by atoms with van der Waals surface area (Å²) in [6, 6.07) is 25.7. The van der Waals surface area contributed by atoms with Crippen molar-refractivity contribution in [3.05, 3.63) is 84.4 Å². The average Bonchev–Trinajstić information content (AvgIpc) is 2.79. The summed E-state index contributed by atoms with van der Waals surface area (Å²) in [6.07, 6.45) is 0. The van der Waals surface area contributed by atoms with Crippen molar-refractivity contribution in [1.82, 2.24) is 10.2 Å². The fourth-order valence-corrected chi connectivity index (χ4v) is 3.30. The third kappa shape index (κ3) is 5.61. The summed E-state index contributed by atoms with van der Waals surface area (Å²) in [4.78, 5) is 14.4. The molecule has 3 aromatic carbocycles. The molecule has 1 amide bonds. The van der Waals surface area contributed by atoms with E-state index in [-0.39, 0.29) is 18.6 Å². The Balaban J connectivity index is 1.54. The molecule has 0 aliphatic rings. The highest BCUT2D eigenvalue weighted by Crippen LogP contribution is 2.27. The van der Waals surface area contributed by atoms with Gasteiger partial charge in [-0.2, -0.15) is 0 Å². The predicted octanol–water partition coefficient (Wildman–Crippen LogP) is 4.16. The Morgan fingerprint density at radius 2 is 1.53 bits per heavy atom. The number of ether oxygens (including phenoxy) is 2. The fraction of sp³-hybridized carbons (Fsp3) is 0.240. The van der Waals surface area contributed by atoms with Crippen LogP contribution in [-0.2, 0) is 4.79 Å². The van der Waals surface area contributed by atoms with Crippen molar-refractivity contribution in [1.29, 1.82) is 0 Å². The van der Waals surface area contributed by atoms with Gasteiger partial charge >= 0.3 is 0 Å². The summed E-state index contributed by atoms with van der Waals surface area (Å²) >= 11 is 0. The van der Waals surface area contributed by atoms with E-state index < -0.39 is 0 Å². The zero-order valence-corrected chi connectivity index (χ0v) is 17.7. The maximum Gasteiger partial charge on any atom is 0.258 e. The fourth-order valence-electron chi connectivity index (χ4n) is 3.30. The molecule has 0 fully saturated rings. The van der Waals surface area contributed by atoms with E-state index >= 15 is 0 Å². The summed E-state index contributed by atoms with van der Waals surface area (Å²) in [5, 5.41) is 2.96. The number of likely N-dealkylation sites (N-methyl/N-ethyl adjacent to an activating group) is 1. The lowest BCUT2D eigenvalue weighted by Gasteiger charge is -2.26. The van der Waals surface area contributed by atoms with Crippen molar-refractivity contribution in [3.63, 3.8) is 0 Å². The number of nitrogens with one attached hydrogen (secondary N) is 1. The van der Waals surface area contributed by atoms with Crippen LogP contribution < -0.4 is 14.8 Å². The minimum absolute atomic E-state index is 0.00439. The first-order valence-corrected chi connectivity index (χ1v) is 9.93. The van der Waals surface area contributed by atoms with Gasteiger partial charge in [0.15, 0.2) is 6.61 Å². The van der Waals surface area contributed by atoms with Crippen LogP contribution in [0.2, 0.25) is 0 Å². The van der Waals surface area contributed by atoms with Crippen LogP contribution in [0.4, 0.5) is 0 Å². The number of carbonyl (C=O) groups excluding carboxylic acids is 1. The number of rotatable bonds is 9. The van der Waals surface area contributed by atoms with E-state index in [4.69, 9.17) is 9.47 Å². The Hall–Kier alpha value is -3.31. The molecule has 0 heterocycles. The van der Waals surface area contributed by atoms with Crippen molar-refractivity contribution in [2.24, 2.45) is 0 Å². The molecule has 0 saturated heterocycles. The lowest BCUT2D eigenvalue weighted by molar-refractivity contribution is -0.123. The second-order valence-corrected chi connectivity index (χ2v) is 7.20. The average molecular weight is 405 g/mol. The molecule has 0 bridgehead atoms. The minimum atomic E-state index is -0.163. The molecule has 0 unspecified atom stereocenters. The molecule has 5 nitrogen and oxygen atoms in total. The normalized spacial score (nSPS) is 11.7. The predicted molar refractivity (Wildman–Crippen MR) is 120 cm³/mol. The van der Waals surface area contributed by atoms with Crippen LogP contribution >= 0.6 is 0 Å². The number of hydrogen-bond donors (Lipinski definition) is 1. The second kappa shape index (κ2) is 10.5. The summed E-state index contributed by atoms with van der Waals surface area (Å²) in [6.45, 7) is 0.430. The molecule has 0 spiro atoms. The quantitative estimate of drug-likeness (QED) is 0.582. The lowest BCUT2D eigenvalue weighted by Crippen LogP contribution is -2.37. The summed E-state index contributed by atoms with van der Waals surface area (Å²) in [5.41, 5.74) is 3.29. The van der Waals surface area contributed by atoms with Gasteiger partial charge < -0.3 is 19.7 Å². The number of carbonyl (C=O) groups is 1. The zero-order valence-electron chi connectivity index (χ0n) is 17.7. The van der Waals surface area contributed by atoms with Gasteiger partial charge in [0.1, 0.15) is 11.5 Å². The van der Waals surface area contributed by atoms with E-state index in [0.717, 1.165) is 22.4 Å². The highest BCUT2D eigenvalue weighted by Gasteiger charge is 2.19. The number of para-hydroxylation sites is 1. The van der Waals surface area contributed by atoms with E-state index in [1.165, 1.54) is 0 Å². The number of amides is 1. The van der Waals surface area contributed by atoms with Gasteiger partial charge in [-0.3, -0.25) is 4.79 Å². The van der Waals surface area contributed by atoms with Gasteiger partial charge in [-0.25, -0.2) is 0 Å². The first-order valence-electron chi connectivity index (χ1n) is 9.93. The van der Waals surface area contributed by atoms with Gasteiger partial charge in [0.25, 0.3) is 5.91 Å². The van der Waals surface area contributed by atoms with Gasteiger partial charge in [-0.05, 0) is 43.4 Å². The molecule has 0 aliphatic heterocycles. The third-order valence-corrected chi connectivity index (χ3v) is 4.95. The van der Waals surface area contributed by atoms with Gasteiger partial charge in [0.2, 0.25) is 0 Å². The van der Waals surface area contributed by atoms with Crippen LogP contribution in [0, 0.1) is 0 Å². The van der Waals surface area contributed by atoms with Crippen LogP contribution in [0.15, 0.2) is 78.9 Å². The molecule has 3 aromatic rings. The highest BCUT2D eigenvalue weighted by atomic mass is 16.5. The van der Waals surface area contributed by atoms with Crippen molar-refractivity contribution in [3.8, 4) is 22.6 Å². The van der Waals surface area contributed by atoms with Gasteiger partial charge in [-0.15, -0.1) is 0 Å². The largest absolute Gasteiger partial charge is 0.496 e. The maximum atomic E-state index is 12.3. The Morgan fingerprint density at radius 1 is 0.900 bits per heavy atom. The number of nitrogens with zero attached hydrogens (tertiary/aromatic N) is 1. The molecule has 1 N–H and O–H groups in total. The number of hydrogen-bond acceptors (Lipinski definition) is 4. The van der Waals surface area contributed by atoms with Crippen LogP contribution in [0.5, 0.6) is 11.5 Å². The molecule has 1 atom stereocenters. The van der Waals surface area contributed by atoms with Crippen LogP contribution in [0.25, 0.3) is 11.1 Å². The SMILES string of the molecule is COc1ccccc1[C@H](CNC(=O)COc1ccc(-c2ccccc2)cc1)N(C)C. The Bertz CT molecular complexity index is 940. The molecular formula is C25H28N2O3. The summed E-state index contributed by atoms with van der Waals surface area (Å²) in [7, 11) is 5.61. The molecule has 156 valence electrons. The van der Waals surface area contributed by atoms with Crippen molar-refractivity contribution < 1.29 is 14.3 Å². The van der Waals surface area contributed by atoms with E-state index in [0.29, 0.717) is 12.3 Å². The van der Waals surface area contributed by atoms with E-state index in [2.05, 4.69) is 22.3 Å². The van der Waals surface area contributed by atoms with Crippen LogP contribution in [0.1, 0.15) is 11.6 Å². The second-order valence-electron chi connectivity index (χ2n) is 7.20. The molecule has 0 aromatic heterocycles. The van der Waals surface area contributed by atoms with Crippen LogP contribution in [0.3, 0.4) is 0 Å². The molecule has 30 heavy (non-hydrogen) atoms. The lowest BCUT2D eigenvalue weighted by atomic mass is 10.0. The van der Waals surface area contributed by atoms with E-state index in [1.807, 2.05) is 80.8 Å². The first kappa shape index (κ1) is 21.4. The number of benzene rings is 3. The maximum absolute atomic E-state index is 12.3. The molecule has 0 saturated carbocycles. The van der Waals surface area contributed by atoms with Crippen molar-refractivity contribution in [2.45, 2.75) is 6.04 Å². The van der Waals surface area contributed by atoms with Gasteiger partial charge in [0, 0.05) is 12.1 Å². The van der Waals surface area contributed by atoms with Crippen LogP contribution in [-0.4, -0.2) is 45.2 Å². The van der Waals surface area contributed by atoms with Crippen molar-refractivity contribution >= 4 is 5.91 Å². The monoisotopic (exact) mass is 404 g/mol. The smallest absolute Gasteiger partial charge is 0.258 e. The molecular weight excluding hydrogens is 376 g/mol. The molecule has 0 aliphatic carbocycles. The Labute approximate surface area is 178 Å². The summed E-state index contributed by atoms with van der Waals surface area (Å²) in [5.74, 6) is 1.31. The first-order chi connectivity index (χ1) is 14.6. The van der Waals surface area contributed by atoms with Gasteiger partial charge in [-0.1, -0.05) is 60.7 Å². The molecule has 0 radical (unpaired) electrons. The summed E-state index contributed by atoms with van der Waals surface area (Å²) < 4.78 is 11.1. The zero-order chi connectivity index (χ0) is 21.3. The number of methoxy groups -OCH3 is 1. The highest BCUT2D eigenvalue weighted by molar-refractivity contribution is 5.77. The van der Waals surface area contributed by atoms with E-state index in [9.17, 15) is 4.79 Å².